The smallest absolute Gasteiger partial charge is 0.222 e. The van der Waals surface area contributed by atoms with Gasteiger partial charge in [0.05, 0.1) is 18.8 Å². The van der Waals surface area contributed by atoms with E-state index in [0.29, 0.717) is 38.9 Å². The Hall–Kier alpha value is -1.30. The number of nitrogens with two attached hydrogens (primary N) is 1. The summed E-state index contributed by atoms with van der Waals surface area (Å²) in [4.78, 5) is 25.7. The van der Waals surface area contributed by atoms with Crippen molar-refractivity contribution in [2.45, 2.75) is 76.4 Å². The molecule has 0 aromatic rings. The quantitative estimate of drug-likeness (QED) is 0.0992. The topological polar surface area (TPSA) is 152 Å². The molecule has 0 spiro atoms. The number of hydrogen-bond donors (Lipinski definition) is 7. The second-order valence-electron chi connectivity index (χ2n) is 9.14. The molecule has 1 heterocycles. The Kier molecular flexibility index (Phi) is 19.0. The van der Waals surface area contributed by atoms with E-state index in [1.54, 1.807) is 4.90 Å². The zero-order chi connectivity index (χ0) is 24.9. The molecule has 0 aromatic carbocycles. The third kappa shape index (κ3) is 15.6. The van der Waals surface area contributed by atoms with Crippen LogP contribution in [-0.4, -0.2) is 105 Å². The monoisotopic (exact) mass is 486 g/mol. The van der Waals surface area contributed by atoms with Crippen LogP contribution in [0.1, 0.15) is 64.2 Å². The van der Waals surface area contributed by atoms with Crippen molar-refractivity contribution in [3.63, 3.8) is 0 Å². The molecule has 0 unspecified atom stereocenters. The number of carbonyl (C=O) groups excluding carboxylic acids is 2. The van der Waals surface area contributed by atoms with Gasteiger partial charge in [0.15, 0.2) is 0 Å². The molecule has 0 saturated carbocycles. The minimum absolute atomic E-state index is 0.00716. The molecule has 1 aliphatic heterocycles. The molecule has 200 valence electrons. The lowest BCUT2D eigenvalue weighted by Gasteiger charge is -2.22. The largest absolute Gasteiger partial charge is 0.394 e. The summed E-state index contributed by atoms with van der Waals surface area (Å²) < 4.78 is 0. The van der Waals surface area contributed by atoms with E-state index in [1.807, 2.05) is 0 Å². The first kappa shape index (κ1) is 30.7. The van der Waals surface area contributed by atoms with Crippen molar-refractivity contribution in [2.24, 2.45) is 5.73 Å². The summed E-state index contributed by atoms with van der Waals surface area (Å²) in [5.41, 5.74) is 5.45. The van der Waals surface area contributed by atoms with Crippen LogP contribution in [0.3, 0.4) is 0 Å². The fraction of sp³-hybridized carbons (Fsp3) is 0.917. The molecule has 1 rings (SSSR count). The molecule has 2 atom stereocenters. The minimum Gasteiger partial charge on any atom is -0.394 e. The van der Waals surface area contributed by atoms with Gasteiger partial charge in [0.2, 0.25) is 11.8 Å². The van der Waals surface area contributed by atoms with Crippen molar-refractivity contribution < 1.29 is 19.8 Å². The van der Waals surface area contributed by atoms with Crippen LogP contribution >= 0.6 is 0 Å². The van der Waals surface area contributed by atoms with Gasteiger partial charge in [-0.15, -0.1) is 0 Å². The SMILES string of the molecule is NCCCNCCCCNCCCNCCC(=O)NCCCCCC(=O)N1C[C@H](O)C[C@H]1CO. The number of β-amino-alcohol motifs (C(OH)–C–C–N with tert-alkyl or cyclic N) is 1. The predicted molar refractivity (Wildman–Crippen MR) is 135 cm³/mol. The van der Waals surface area contributed by atoms with E-state index >= 15 is 0 Å². The zero-order valence-corrected chi connectivity index (χ0v) is 21.0. The van der Waals surface area contributed by atoms with Crippen LogP contribution in [0, 0.1) is 0 Å². The summed E-state index contributed by atoms with van der Waals surface area (Å²) in [6, 6.07) is -0.254. The number of rotatable bonds is 22. The minimum atomic E-state index is -0.530. The van der Waals surface area contributed by atoms with E-state index in [-0.39, 0.29) is 24.5 Å². The normalized spacial score (nSPS) is 17.9. The van der Waals surface area contributed by atoms with Crippen LogP contribution in [0.2, 0.25) is 0 Å². The van der Waals surface area contributed by atoms with E-state index in [0.717, 1.165) is 71.4 Å². The van der Waals surface area contributed by atoms with Gasteiger partial charge in [-0.1, -0.05) is 6.42 Å². The van der Waals surface area contributed by atoms with E-state index in [9.17, 15) is 19.8 Å². The third-order valence-electron chi connectivity index (χ3n) is 6.06. The Morgan fingerprint density at radius 2 is 1.41 bits per heavy atom. The second kappa shape index (κ2) is 21.0. The molecule has 0 bridgehead atoms. The van der Waals surface area contributed by atoms with Gasteiger partial charge in [-0.2, -0.15) is 0 Å². The third-order valence-corrected chi connectivity index (χ3v) is 6.06. The maximum Gasteiger partial charge on any atom is 0.222 e. The number of carbonyl (C=O) groups is 2. The molecule has 1 aliphatic rings. The number of hydrogen-bond acceptors (Lipinski definition) is 8. The van der Waals surface area contributed by atoms with Crippen LogP contribution < -0.4 is 27.0 Å². The molecule has 0 aliphatic carbocycles. The van der Waals surface area contributed by atoms with Gasteiger partial charge in [-0.25, -0.2) is 0 Å². The fourth-order valence-corrected chi connectivity index (χ4v) is 4.05. The van der Waals surface area contributed by atoms with Gasteiger partial charge in [0.25, 0.3) is 0 Å². The number of likely N-dealkylation sites (tertiary alicyclic amines) is 1. The van der Waals surface area contributed by atoms with Crippen molar-refractivity contribution in [3.05, 3.63) is 0 Å². The Balaban J connectivity index is 1.82. The zero-order valence-electron chi connectivity index (χ0n) is 21.0. The van der Waals surface area contributed by atoms with Crippen molar-refractivity contribution >= 4 is 11.8 Å². The lowest BCUT2D eigenvalue weighted by molar-refractivity contribution is -0.133. The first-order valence-electron chi connectivity index (χ1n) is 13.3. The lowest BCUT2D eigenvalue weighted by Crippen LogP contribution is -2.37. The van der Waals surface area contributed by atoms with Crippen LogP contribution in [0.15, 0.2) is 0 Å². The van der Waals surface area contributed by atoms with Gasteiger partial charge < -0.3 is 42.1 Å². The highest BCUT2D eigenvalue weighted by molar-refractivity contribution is 5.77. The fourth-order valence-electron chi connectivity index (χ4n) is 4.05. The molecule has 1 saturated heterocycles. The van der Waals surface area contributed by atoms with E-state index < -0.39 is 6.10 Å². The van der Waals surface area contributed by atoms with E-state index in [1.165, 1.54) is 12.8 Å². The average Bonchev–Trinajstić information content (AvgIpc) is 3.22. The highest BCUT2D eigenvalue weighted by atomic mass is 16.3. The summed E-state index contributed by atoms with van der Waals surface area (Å²) in [5.74, 6) is 0.0471. The number of aliphatic hydroxyl groups excluding tert-OH is 2. The summed E-state index contributed by atoms with van der Waals surface area (Å²) in [6.45, 7) is 7.27. The van der Waals surface area contributed by atoms with Gasteiger partial charge in [0.1, 0.15) is 0 Å². The number of nitrogens with zero attached hydrogens (tertiary/aromatic N) is 1. The van der Waals surface area contributed by atoms with Crippen LogP contribution in [0.25, 0.3) is 0 Å². The van der Waals surface area contributed by atoms with Gasteiger partial charge in [-0.05, 0) is 84.2 Å². The molecular formula is C24H50N6O4. The van der Waals surface area contributed by atoms with E-state index in [4.69, 9.17) is 5.73 Å². The van der Waals surface area contributed by atoms with Crippen molar-refractivity contribution in [3.8, 4) is 0 Å². The second-order valence-corrected chi connectivity index (χ2v) is 9.14. The van der Waals surface area contributed by atoms with Crippen LogP contribution in [-0.2, 0) is 9.59 Å². The molecule has 1 fully saturated rings. The lowest BCUT2D eigenvalue weighted by atomic mass is 10.1. The molecular weight excluding hydrogens is 436 g/mol. The number of nitrogens with one attached hydrogen (secondary N) is 4. The standard InChI is InChI=1S/C24H50N6O4/c25-10-6-13-26-11-4-5-12-27-14-7-15-28-17-9-23(33)29-16-3-1-2-8-24(34)30-19-22(32)18-21(30)20-31/h21-22,26-28,31-32H,1-20,25H2,(H,29,33)/t21-,22+/m0/s1. The maximum atomic E-state index is 12.2. The van der Waals surface area contributed by atoms with Gasteiger partial charge in [0, 0.05) is 32.5 Å². The predicted octanol–water partition coefficient (Wildman–Crippen LogP) is -0.705. The highest BCUT2D eigenvalue weighted by Gasteiger charge is 2.33. The summed E-state index contributed by atoms with van der Waals surface area (Å²) >= 11 is 0. The van der Waals surface area contributed by atoms with Crippen LogP contribution in [0.5, 0.6) is 0 Å². The summed E-state index contributed by atoms with van der Waals surface area (Å²) in [5, 5.41) is 32.1. The van der Waals surface area contributed by atoms with Crippen molar-refractivity contribution in [1.82, 2.24) is 26.2 Å². The Bertz CT molecular complexity index is 526. The molecule has 10 heteroatoms. The van der Waals surface area contributed by atoms with Crippen molar-refractivity contribution in [2.75, 3.05) is 65.5 Å². The average molecular weight is 487 g/mol. The molecule has 8 N–H and O–H groups in total. The molecule has 34 heavy (non-hydrogen) atoms. The van der Waals surface area contributed by atoms with Gasteiger partial charge in [-0.3, -0.25) is 9.59 Å². The number of unbranched alkanes of at least 4 members (excludes halogenated alkanes) is 3. The molecule has 0 aromatic heterocycles. The van der Waals surface area contributed by atoms with Crippen LogP contribution in [0.4, 0.5) is 0 Å². The number of aliphatic hydroxyl groups is 2. The maximum absolute atomic E-state index is 12.2. The molecule has 0 radical (unpaired) electrons. The molecule has 10 nitrogen and oxygen atoms in total. The summed E-state index contributed by atoms with van der Waals surface area (Å²) in [7, 11) is 0. The first-order chi connectivity index (χ1) is 16.6. The van der Waals surface area contributed by atoms with E-state index in [2.05, 4.69) is 21.3 Å². The summed E-state index contributed by atoms with van der Waals surface area (Å²) in [6.07, 6.45) is 7.71. The van der Waals surface area contributed by atoms with Crippen molar-refractivity contribution in [1.29, 1.82) is 0 Å². The molecule has 2 amide bonds. The Morgan fingerprint density at radius 1 is 0.794 bits per heavy atom. The Labute approximate surface area is 205 Å². The first-order valence-corrected chi connectivity index (χ1v) is 13.3. The highest BCUT2D eigenvalue weighted by Crippen LogP contribution is 2.19. The van der Waals surface area contributed by atoms with Gasteiger partial charge >= 0.3 is 0 Å². The Morgan fingerprint density at radius 3 is 2.09 bits per heavy atom. The number of amides is 2.